The van der Waals surface area contributed by atoms with Gasteiger partial charge in [0.2, 0.25) is 5.13 Å². The number of para-hydroxylation sites is 1. The van der Waals surface area contributed by atoms with Gasteiger partial charge in [0.05, 0.1) is 5.56 Å². The molecule has 0 aliphatic rings. The summed E-state index contributed by atoms with van der Waals surface area (Å²) in [5, 5.41) is 19.7. The molecular weight excluding hydrogens is 306 g/mol. The smallest absolute Gasteiger partial charge is 0.231 e. The lowest BCUT2D eigenvalue weighted by Crippen LogP contribution is -1.78. The van der Waals surface area contributed by atoms with E-state index in [1.165, 1.54) is 11.3 Å². The van der Waals surface area contributed by atoms with Gasteiger partial charge in [-0.25, -0.2) is 4.99 Å². The highest BCUT2D eigenvalue weighted by Gasteiger charge is 2.09. The van der Waals surface area contributed by atoms with E-state index >= 15 is 0 Å². The number of hydrogen-bond acceptors (Lipinski definition) is 5. The van der Waals surface area contributed by atoms with Crippen LogP contribution in [-0.2, 0) is 0 Å². The number of aliphatic imine (C=N–C) groups is 1. The Morgan fingerprint density at radius 3 is 2.57 bits per heavy atom. The zero-order chi connectivity index (χ0) is 14.7. The van der Waals surface area contributed by atoms with Gasteiger partial charge in [-0.15, -0.1) is 10.2 Å². The van der Waals surface area contributed by atoms with Gasteiger partial charge in [0.15, 0.2) is 5.01 Å². The summed E-state index contributed by atoms with van der Waals surface area (Å²) in [6.07, 6.45) is 1.70. The number of benzene rings is 2. The van der Waals surface area contributed by atoms with Gasteiger partial charge in [0, 0.05) is 11.2 Å². The second-order valence-corrected chi connectivity index (χ2v) is 5.61. The van der Waals surface area contributed by atoms with Gasteiger partial charge in [-0.2, -0.15) is 0 Å². The number of halogens is 1. The van der Waals surface area contributed by atoms with Crippen LogP contribution in [0.5, 0.6) is 5.75 Å². The van der Waals surface area contributed by atoms with Crippen molar-refractivity contribution in [2.75, 3.05) is 0 Å². The first-order valence-electron chi connectivity index (χ1n) is 6.14. The minimum absolute atomic E-state index is 0.182. The Hall–Kier alpha value is -2.24. The lowest BCUT2D eigenvalue weighted by molar-refractivity contribution is 0.477. The van der Waals surface area contributed by atoms with Crippen molar-refractivity contribution in [2.24, 2.45) is 4.99 Å². The fourth-order valence-corrected chi connectivity index (χ4v) is 2.56. The second kappa shape index (κ2) is 6.03. The Morgan fingerprint density at radius 1 is 1.05 bits per heavy atom. The molecular formula is C15H10ClN3OS. The molecule has 1 N–H and O–H groups in total. The van der Waals surface area contributed by atoms with Gasteiger partial charge >= 0.3 is 0 Å². The molecule has 21 heavy (non-hydrogen) atoms. The molecule has 0 saturated heterocycles. The standard InChI is InChI=1S/C15H10ClN3OS/c16-11-7-5-10(6-8-11)9-17-15-19-18-14(21-15)12-3-1-2-4-13(12)20/h1-9,20H/b17-9+. The third-order valence-electron chi connectivity index (χ3n) is 2.74. The summed E-state index contributed by atoms with van der Waals surface area (Å²) in [5.74, 6) is 0.182. The molecule has 0 atom stereocenters. The van der Waals surface area contributed by atoms with Crippen LogP contribution in [0.2, 0.25) is 5.02 Å². The highest BCUT2D eigenvalue weighted by atomic mass is 35.5. The molecule has 0 unspecified atom stereocenters. The third-order valence-corrected chi connectivity index (χ3v) is 3.86. The molecule has 4 nitrogen and oxygen atoms in total. The first kappa shape index (κ1) is 13.7. The van der Waals surface area contributed by atoms with Crippen LogP contribution in [0.4, 0.5) is 5.13 Å². The molecule has 3 rings (SSSR count). The van der Waals surface area contributed by atoms with Crippen LogP contribution in [-0.4, -0.2) is 21.5 Å². The van der Waals surface area contributed by atoms with Crippen LogP contribution >= 0.6 is 22.9 Å². The van der Waals surface area contributed by atoms with Gasteiger partial charge in [-0.3, -0.25) is 0 Å². The van der Waals surface area contributed by atoms with Crippen molar-refractivity contribution in [3.63, 3.8) is 0 Å². The minimum atomic E-state index is 0.182. The highest BCUT2D eigenvalue weighted by Crippen LogP contribution is 2.33. The Kier molecular flexibility index (Phi) is 3.94. The van der Waals surface area contributed by atoms with E-state index in [0.717, 1.165) is 5.56 Å². The summed E-state index contributed by atoms with van der Waals surface area (Å²) in [5.41, 5.74) is 1.58. The largest absolute Gasteiger partial charge is 0.507 e. The van der Waals surface area contributed by atoms with Crippen molar-refractivity contribution in [1.82, 2.24) is 10.2 Å². The SMILES string of the molecule is Oc1ccccc1-c1nnc(/N=C/c2ccc(Cl)cc2)s1. The molecule has 1 aromatic heterocycles. The van der Waals surface area contributed by atoms with E-state index in [2.05, 4.69) is 15.2 Å². The molecule has 2 aromatic carbocycles. The Balaban J connectivity index is 1.82. The first-order chi connectivity index (χ1) is 10.2. The molecule has 0 fully saturated rings. The molecule has 0 bridgehead atoms. The number of aromatic hydroxyl groups is 1. The van der Waals surface area contributed by atoms with E-state index in [9.17, 15) is 5.11 Å². The monoisotopic (exact) mass is 315 g/mol. The van der Waals surface area contributed by atoms with Gasteiger partial charge in [-0.1, -0.05) is 47.2 Å². The van der Waals surface area contributed by atoms with Crippen LogP contribution < -0.4 is 0 Å². The normalized spacial score (nSPS) is 11.1. The summed E-state index contributed by atoms with van der Waals surface area (Å²) in [6, 6.07) is 14.4. The Morgan fingerprint density at radius 2 is 1.81 bits per heavy atom. The molecule has 104 valence electrons. The molecule has 0 saturated carbocycles. The summed E-state index contributed by atoms with van der Waals surface area (Å²) < 4.78 is 0. The van der Waals surface area contributed by atoms with Crippen molar-refractivity contribution in [2.45, 2.75) is 0 Å². The van der Waals surface area contributed by atoms with Gasteiger partial charge in [-0.05, 0) is 29.8 Å². The molecule has 1 heterocycles. The van der Waals surface area contributed by atoms with Crippen molar-refractivity contribution < 1.29 is 5.11 Å². The molecule has 0 aliphatic carbocycles. The number of rotatable bonds is 3. The second-order valence-electron chi connectivity index (χ2n) is 4.22. The van der Waals surface area contributed by atoms with Gasteiger partial charge in [0.25, 0.3) is 0 Å². The quantitative estimate of drug-likeness (QED) is 0.732. The average Bonchev–Trinajstić information content (AvgIpc) is 2.96. The van der Waals surface area contributed by atoms with E-state index in [1.807, 2.05) is 18.2 Å². The molecule has 0 spiro atoms. The molecule has 6 heteroatoms. The fraction of sp³-hybridized carbons (Fsp3) is 0. The highest BCUT2D eigenvalue weighted by molar-refractivity contribution is 7.18. The van der Waals surface area contributed by atoms with Crippen molar-refractivity contribution in [3.8, 4) is 16.3 Å². The van der Waals surface area contributed by atoms with Gasteiger partial charge < -0.3 is 5.11 Å². The van der Waals surface area contributed by atoms with Crippen LogP contribution in [0.15, 0.2) is 53.5 Å². The van der Waals surface area contributed by atoms with Crippen LogP contribution in [0, 0.1) is 0 Å². The number of nitrogens with zero attached hydrogens (tertiary/aromatic N) is 3. The number of phenolic OH excluding ortho intramolecular Hbond substituents is 1. The molecule has 0 aliphatic heterocycles. The van der Waals surface area contributed by atoms with Crippen molar-refractivity contribution in [1.29, 1.82) is 0 Å². The zero-order valence-electron chi connectivity index (χ0n) is 10.8. The lowest BCUT2D eigenvalue weighted by atomic mass is 10.2. The van der Waals surface area contributed by atoms with Crippen LogP contribution in [0.25, 0.3) is 10.6 Å². The van der Waals surface area contributed by atoms with E-state index < -0.39 is 0 Å². The number of aromatic nitrogens is 2. The number of phenols is 1. The maximum Gasteiger partial charge on any atom is 0.231 e. The fourth-order valence-electron chi connectivity index (χ4n) is 1.71. The van der Waals surface area contributed by atoms with E-state index in [0.29, 0.717) is 20.7 Å². The maximum absolute atomic E-state index is 9.80. The Labute approximate surface area is 130 Å². The molecule has 0 amide bonds. The summed E-state index contributed by atoms with van der Waals surface area (Å²) in [6.45, 7) is 0. The van der Waals surface area contributed by atoms with Crippen LogP contribution in [0.3, 0.4) is 0 Å². The molecule has 3 aromatic rings. The molecule has 0 radical (unpaired) electrons. The van der Waals surface area contributed by atoms with E-state index in [4.69, 9.17) is 11.6 Å². The average molecular weight is 316 g/mol. The maximum atomic E-state index is 9.80. The van der Waals surface area contributed by atoms with E-state index in [1.54, 1.807) is 36.5 Å². The first-order valence-corrected chi connectivity index (χ1v) is 7.33. The summed E-state index contributed by atoms with van der Waals surface area (Å²) in [4.78, 5) is 4.28. The predicted octanol–water partition coefficient (Wildman–Crippen LogP) is 4.31. The van der Waals surface area contributed by atoms with E-state index in [-0.39, 0.29) is 5.75 Å². The predicted molar refractivity (Wildman–Crippen MR) is 85.7 cm³/mol. The zero-order valence-corrected chi connectivity index (χ0v) is 12.3. The van der Waals surface area contributed by atoms with Gasteiger partial charge in [0.1, 0.15) is 5.75 Å². The topological polar surface area (TPSA) is 58.4 Å². The summed E-state index contributed by atoms with van der Waals surface area (Å²) in [7, 11) is 0. The summed E-state index contributed by atoms with van der Waals surface area (Å²) >= 11 is 7.14. The van der Waals surface area contributed by atoms with Crippen LogP contribution in [0.1, 0.15) is 5.56 Å². The Bertz CT molecular complexity index is 784. The number of hydrogen-bond donors (Lipinski definition) is 1. The minimum Gasteiger partial charge on any atom is -0.507 e. The van der Waals surface area contributed by atoms with Crippen molar-refractivity contribution >= 4 is 34.3 Å². The lowest BCUT2D eigenvalue weighted by Gasteiger charge is -1.97. The third kappa shape index (κ3) is 3.26. The van der Waals surface area contributed by atoms with Crippen molar-refractivity contribution in [3.05, 3.63) is 59.1 Å².